The van der Waals surface area contributed by atoms with Gasteiger partial charge in [-0.25, -0.2) is 13.6 Å². The number of thiophene rings is 1. The van der Waals surface area contributed by atoms with Crippen LogP contribution in [0.5, 0.6) is 0 Å². The summed E-state index contributed by atoms with van der Waals surface area (Å²) < 4.78 is 22.9. The first kappa shape index (κ1) is 24.3. The van der Waals surface area contributed by atoms with E-state index in [1.807, 2.05) is 25.1 Å². The van der Waals surface area contributed by atoms with Crippen LogP contribution in [0.2, 0.25) is 0 Å². The van der Waals surface area contributed by atoms with Crippen molar-refractivity contribution in [2.24, 2.45) is 5.14 Å². The van der Waals surface area contributed by atoms with Crippen LogP contribution in [0, 0.1) is 0 Å². The molecule has 0 saturated carbocycles. The van der Waals surface area contributed by atoms with Crippen LogP contribution in [0.15, 0.2) is 59.5 Å². The fourth-order valence-electron chi connectivity index (χ4n) is 4.11. The van der Waals surface area contributed by atoms with Crippen molar-refractivity contribution in [2.45, 2.75) is 43.5 Å². The van der Waals surface area contributed by atoms with Crippen LogP contribution in [0.25, 0.3) is 0 Å². The summed E-state index contributed by atoms with van der Waals surface area (Å²) in [6, 6.07) is 15.2. The molecule has 7 nitrogen and oxygen atoms in total. The van der Waals surface area contributed by atoms with Gasteiger partial charge in [-0.05, 0) is 55.9 Å². The lowest BCUT2D eigenvalue weighted by Crippen LogP contribution is -2.30. The summed E-state index contributed by atoms with van der Waals surface area (Å²) in [5.41, 5.74) is 3.12. The first-order valence-corrected chi connectivity index (χ1v) is 13.5. The third-order valence-electron chi connectivity index (χ3n) is 5.96. The van der Waals surface area contributed by atoms with Crippen molar-refractivity contribution in [3.05, 3.63) is 81.7 Å². The molecule has 9 heteroatoms. The molecule has 2 aromatic carbocycles. The Morgan fingerprint density at radius 1 is 1.03 bits per heavy atom. The van der Waals surface area contributed by atoms with E-state index in [2.05, 4.69) is 10.6 Å². The quantitative estimate of drug-likeness (QED) is 0.409. The van der Waals surface area contributed by atoms with E-state index in [0.717, 1.165) is 36.8 Å². The predicted octanol–water partition coefficient (Wildman–Crippen LogP) is 3.79. The van der Waals surface area contributed by atoms with Crippen LogP contribution in [0.4, 0.5) is 5.00 Å². The zero-order valence-electron chi connectivity index (χ0n) is 18.8. The number of carbonyl (C=O) groups is 2. The smallest absolute Gasteiger partial charge is 0.238 e. The first-order valence-electron chi connectivity index (χ1n) is 11.1. The average molecular weight is 498 g/mol. The maximum atomic E-state index is 13.3. The van der Waals surface area contributed by atoms with E-state index in [0.29, 0.717) is 16.1 Å². The van der Waals surface area contributed by atoms with Crippen LogP contribution in [0.1, 0.15) is 57.7 Å². The largest absolute Gasteiger partial charge is 0.316 e. The maximum Gasteiger partial charge on any atom is 0.238 e. The minimum Gasteiger partial charge on any atom is -0.316 e. The van der Waals surface area contributed by atoms with E-state index in [1.54, 1.807) is 24.3 Å². The van der Waals surface area contributed by atoms with Crippen molar-refractivity contribution in [2.75, 3.05) is 11.9 Å². The van der Waals surface area contributed by atoms with Gasteiger partial charge in [-0.3, -0.25) is 9.59 Å². The third-order valence-corrected chi connectivity index (χ3v) is 8.10. The number of hydrogen-bond acceptors (Lipinski definition) is 6. The number of rotatable bonds is 8. The summed E-state index contributed by atoms with van der Waals surface area (Å²) in [7, 11) is -3.75. The van der Waals surface area contributed by atoms with Gasteiger partial charge in [0.2, 0.25) is 15.9 Å². The predicted molar refractivity (Wildman–Crippen MR) is 134 cm³/mol. The zero-order valence-corrected chi connectivity index (χ0v) is 20.5. The maximum absolute atomic E-state index is 13.3. The normalized spacial score (nSPS) is 14.3. The molecular formula is C25H27N3O4S2. The lowest BCUT2D eigenvalue weighted by atomic mass is 9.92. The molecule has 0 bridgehead atoms. The molecular weight excluding hydrogens is 470 g/mol. The number of ketones is 1. The molecule has 1 heterocycles. The highest BCUT2D eigenvalue weighted by atomic mass is 32.2. The number of sulfonamides is 1. The number of nitrogens with one attached hydrogen (secondary N) is 2. The van der Waals surface area contributed by atoms with Gasteiger partial charge in [0.1, 0.15) is 5.00 Å². The molecule has 0 radical (unpaired) electrons. The molecule has 4 rings (SSSR count). The number of hydrogen-bond donors (Lipinski definition) is 3. The van der Waals surface area contributed by atoms with Gasteiger partial charge in [0, 0.05) is 16.5 Å². The lowest BCUT2D eigenvalue weighted by molar-refractivity contribution is -0.115. The van der Waals surface area contributed by atoms with Gasteiger partial charge >= 0.3 is 0 Å². The minimum atomic E-state index is -3.75. The molecule has 1 aliphatic rings. The van der Waals surface area contributed by atoms with E-state index in [1.165, 1.54) is 28.3 Å². The highest BCUT2D eigenvalue weighted by molar-refractivity contribution is 7.89. The minimum absolute atomic E-state index is 0.0402. The van der Waals surface area contributed by atoms with Crippen molar-refractivity contribution >= 4 is 38.1 Å². The van der Waals surface area contributed by atoms with E-state index >= 15 is 0 Å². The Kier molecular flexibility index (Phi) is 7.27. The molecule has 0 saturated heterocycles. The number of primary sulfonamides is 1. The number of fused-ring (bicyclic) bond motifs is 1. The van der Waals surface area contributed by atoms with Gasteiger partial charge < -0.3 is 10.6 Å². The summed E-state index contributed by atoms with van der Waals surface area (Å²) in [6.07, 6.45) is 3.90. The molecule has 0 aliphatic heterocycles. The van der Waals surface area contributed by atoms with Crippen LogP contribution < -0.4 is 15.8 Å². The van der Waals surface area contributed by atoms with Crippen LogP contribution in [0.3, 0.4) is 0 Å². The van der Waals surface area contributed by atoms with Crippen molar-refractivity contribution in [3.8, 4) is 0 Å². The van der Waals surface area contributed by atoms with Crippen molar-refractivity contribution in [1.29, 1.82) is 0 Å². The fourth-order valence-corrected chi connectivity index (χ4v) is 5.93. The van der Waals surface area contributed by atoms with Crippen molar-refractivity contribution < 1.29 is 18.0 Å². The molecule has 0 spiro atoms. The fraction of sp³-hybridized carbons (Fsp3) is 0.280. The Bertz CT molecular complexity index is 1300. The molecule has 1 aromatic heterocycles. The van der Waals surface area contributed by atoms with E-state index < -0.39 is 10.0 Å². The Morgan fingerprint density at radius 2 is 1.71 bits per heavy atom. The monoisotopic (exact) mass is 497 g/mol. The lowest BCUT2D eigenvalue weighted by Gasteiger charge is -2.15. The average Bonchev–Trinajstić information content (AvgIpc) is 3.19. The Balaban J connectivity index is 1.47. The highest BCUT2D eigenvalue weighted by Crippen LogP contribution is 2.39. The number of carbonyl (C=O) groups excluding carboxylic acids is 2. The standard InChI is InChI=1S/C25H27N3O4S2/c1-16(17-11-13-19(14-12-17)34(26,31)32)27-15-22(29)28-25-23(20-9-5-6-10-21(20)33-25)24(30)18-7-3-2-4-8-18/h2-4,7-8,11-14,16,27H,5-6,9-10,15H2,1H3,(H,28,29)(H2,26,31,32). The topological polar surface area (TPSA) is 118 Å². The summed E-state index contributed by atoms with van der Waals surface area (Å²) in [4.78, 5) is 27.3. The molecule has 1 aliphatic carbocycles. The Morgan fingerprint density at radius 3 is 2.38 bits per heavy atom. The molecule has 34 heavy (non-hydrogen) atoms. The molecule has 1 unspecified atom stereocenters. The number of benzene rings is 2. The Hall–Kier alpha value is -2.85. The second kappa shape index (κ2) is 10.2. The molecule has 1 amide bonds. The SMILES string of the molecule is CC(NCC(=O)Nc1sc2c(c1C(=O)c1ccccc1)CCCC2)c1ccc(S(N)(=O)=O)cc1. The van der Waals surface area contributed by atoms with Gasteiger partial charge in [0.15, 0.2) is 5.78 Å². The molecule has 4 N–H and O–H groups in total. The zero-order chi connectivity index (χ0) is 24.3. The third kappa shape index (κ3) is 5.44. The van der Waals surface area contributed by atoms with Gasteiger partial charge in [0.25, 0.3) is 0 Å². The Labute approximate surface area is 203 Å². The van der Waals surface area contributed by atoms with E-state index in [4.69, 9.17) is 5.14 Å². The number of aryl methyl sites for hydroxylation is 1. The molecule has 178 valence electrons. The summed E-state index contributed by atoms with van der Waals surface area (Å²) in [5.74, 6) is -0.305. The van der Waals surface area contributed by atoms with Crippen LogP contribution in [-0.2, 0) is 27.7 Å². The van der Waals surface area contributed by atoms with E-state index in [9.17, 15) is 18.0 Å². The van der Waals surface area contributed by atoms with Gasteiger partial charge in [0.05, 0.1) is 17.0 Å². The van der Waals surface area contributed by atoms with E-state index in [-0.39, 0.29) is 29.2 Å². The molecule has 3 aromatic rings. The van der Waals surface area contributed by atoms with Crippen LogP contribution >= 0.6 is 11.3 Å². The molecule has 0 fully saturated rings. The van der Waals surface area contributed by atoms with Gasteiger partial charge in [-0.15, -0.1) is 11.3 Å². The summed E-state index contributed by atoms with van der Waals surface area (Å²) >= 11 is 1.50. The first-order chi connectivity index (χ1) is 16.2. The summed E-state index contributed by atoms with van der Waals surface area (Å²) in [5, 5.41) is 11.9. The summed E-state index contributed by atoms with van der Waals surface area (Å²) in [6.45, 7) is 1.92. The van der Waals surface area contributed by atoms with Crippen LogP contribution in [-0.4, -0.2) is 26.7 Å². The van der Waals surface area contributed by atoms with Crippen molar-refractivity contribution in [3.63, 3.8) is 0 Å². The van der Waals surface area contributed by atoms with Crippen molar-refractivity contribution in [1.82, 2.24) is 5.32 Å². The van der Waals surface area contributed by atoms with Gasteiger partial charge in [-0.1, -0.05) is 42.5 Å². The molecule has 1 atom stereocenters. The number of amides is 1. The highest BCUT2D eigenvalue weighted by Gasteiger charge is 2.27. The second-order valence-electron chi connectivity index (χ2n) is 8.37. The number of anilines is 1. The van der Waals surface area contributed by atoms with Gasteiger partial charge in [-0.2, -0.15) is 0 Å². The second-order valence-corrected chi connectivity index (χ2v) is 11.0. The number of nitrogens with two attached hydrogens (primary N) is 1.